The SMILES string of the molecule is CCNC(Cc1ccccc1C)c1cnc2ccsc2c1. The number of fused-ring (bicyclic) bond motifs is 1. The summed E-state index contributed by atoms with van der Waals surface area (Å²) >= 11 is 1.76. The predicted octanol–water partition coefficient (Wildman–Crippen LogP) is 4.50. The van der Waals surface area contributed by atoms with E-state index in [1.807, 2.05) is 6.20 Å². The van der Waals surface area contributed by atoms with Gasteiger partial charge in [-0.15, -0.1) is 11.3 Å². The molecular weight excluding hydrogens is 276 g/mol. The van der Waals surface area contributed by atoms with Gasteiger partial charge >= 0.3 is 0 Å². The number of nitrogens with zero attached hydrogens (tertiary/aromatic N) is 1. The van der Waals surface area contributed by atoms with E-state index in [1.165, 1.54) is 21.4 Å². The highest BCUT2D eigenvalue weighted by atomic mass is 32.1. The molecule has 0 aliphatic carbocycles. The van der Waals surface area contributed by atoms with Crippen molar-refractivity contribution in [2.75, 3.05) is 6.54 Å². The number of aryl methyl sites for hydroxylation is 1. The number of aromatic nitrogens is 1. The minimum atomic E-state index is 0.315. The molecule has 1 N–H and O–H groups in total. The van der Waals surface area contributed by atoms with Gasteiger partial charge in [-0.05, 0) is 54.1 Å². The molecule has 1 unspecified atom stereocenters. The largest absolute Gasteiger partial charge is 0.310 e. The lowest BCUT2D eigenvalue weighted by molar-refractivity contribution is 0.548. The lowest BCUT2D eigenvalue weighted by Gasteiger charge is -2.19. The van der Waals surface area contributed by atoms with Crippen LogP contribution in [-0.2, 0) is 6.42 Å². The van der Waals surface area contributed by atoms with Crippen LogP contribution in [-0.4, -0.2) is 11.5 Å². The van der Waals surface area contributed by atoms with Crippen LogP contribution in [0.25, 0.3) is 10.2 Å². The Morgan fingerprint density at radius 2 is 2.10 bits per heavy atom. The topological polar surface area (TPSA) is 24.9 Å². The van der Waals surface area contributed by atoms with E-state index < -0.39 is 0 Å². The molecule has 0 saturated carbocycles. The maximum atomic E-state index is 4.58. The zero-order chi connectivity index (χ0) is 14.7. The van der Waals surface area contributed by atoms with Crippen molar-refractivity contribution in [2.24, 2.45) is 0 Å². The third kappa shape index (κ3) is 3.14. The van der Waals surface area contributed by atoms with Crippen molar-refractivity contribution in [3.63, 3.8) is 0 Å². The number of nitrogens with one attached hydrogen (secondary N) is 1. The zero-order valence-corrected chi connectivity index (χ0v) is 13.3. The first-order chi connectivity index (χ1) is 10.3. The third-order valence-electron chi connectivity index (χ3n) is 3.86. The van der Waals surface area contributed by atoms with Gasteiger partial charge in [-0.1, -0.05) is 31.2 Å². The Balaban J connectivity index is 1.91. The van der Waals surface area contributed by atoms with Gasteiger partial charge in [0.05, 0.1) is 10.2 Å². The van der Waals surface area contributed by atoms with Gasteiger partial charge < -0.3 is 5.32 Å². The number of hydrogen-bond donors (Lipinski definition) is 1. The monoisotopic (exact) mass is 296 g/mol. The second kappa shape index (κ2) is 6.37. The third-order valence-corrected chi connectivity index (χ3v) is 4.72. The van der Waals surface area contributed by atoms with Crippen LogP contribution < -0.4 is 5.32 Å². The average molecular weight is 296 g/mol. The Bertz CT molecular complexity index is 733. The minimum Gasteiger partial charge on any atom is -0.310 e. The lowest BCUT2D eigenvalue weighted by Crippen LogP contribution is -2.23. The number of pyridine rings is 1. The second-order valence-corrected chi connectivity index (χ2v) is 6.26. The van der Waals surface area contributed by atoms with Crippen molar-refractivity contribution >= 4 is 21.6 Å². The summed E-state index contributed by atoms with van der Waals surface area (Å²) in [6.07, 6.45) is 3.01. The van der Waals surface area contributed by atoms with Gasteiger partial charge in [0, 0.05) is 12.2 Å². The molecule has 0 aliphatic heterocycles. The summed E-state index contributed by atoms with van der Waals surface area (Å²) in [5.74, 6) is 0. The van der Waals surface area contributed by atoms with Gasteiger partial charge in [-0.3, -0.25) is 4.98 Å². The maximum absolute atomic E-state index is 4.58. The van der Waals surface area contributed by atoms with Crippen molar-refractivity contribution in [2.45, 2.75) is 26.3 Å². The van der Waals surface area contributed by atoms with Crippen LogP contribution in [0, 0.1) is 6.92 Å². The highest BCUT2D eigenvalue weighted by molar-refractivity contribution is 7.17. The molecule has 0 bridgehead atoms. The summed E-state index contributed by atoms with van der Waals surface area (Å²) < 4.78 is 1.26. The highest BCUT2D eigenvalue weighted by Gasteiger charge is 2.13. The number of hydrogen-bond acceptors (Lipinski definition) is 3. The van der Waals surface area contributed by atoms with Crippen LogP contribution in [0.4, 0.5) is 0 Å². The van der Waals surface area contributed by atoms with Crippen LogP contribution in [0.15, 0.2) is 48.0 Å². The smallest absolute Gasteiger partial charge is 0.0809 e. The van der Waals surface area contributed by atoms with Gasteiger partial charge in [0.1, 0.15) is 0 Å². The van der Waals surface area contributed by atoms with E-state index in [0.29, 0.717) is 6.04 Å². The lowest BCUT2D eigenvalue weighted by atomic mass is 9.97. The van der Waals surface area contributed by atoms with Gasteiger partial charge in [-0.2, -0.15) is 0 Å². The molecule has 0 spiro atoms. The average Bonchev–Trinajstić information content (AvgIpc) is 2.96. The van der Waals surface area contributed by atoms with Crippen LogP contribution >= 0.6 is 11.3 Å². The summed E-state index contributed by atoms with van der Waals surface area (Å²) in [6.45, 7) is 5.29. The normalized spacial score (nSPS) is 12.7. The summed E-state index contributed by atoms with van der Waals surface area (Å²) in [7, 11) is 0. The molecule has 2 heterocycles. The first-order valence-corrected chi connectivity index (χ1v) is 8.27. The van der Waals surface area contributed by atoms with Crippen molar-refractivity contribution < 1.29 is 0 Å². The van der Waals surface area contributed by atoms with E-state index in [4.69, 9.17) is 0 Å². The van der Waals surface area contributed by atoms with E-state index >= 15 is 0 Å². The summed E-state index contributed by atoms with van der Waals surface area (Å²) in [4.78, 5) is 4.58. The van der Waals surface area contributed by atoms with Crippen LogP contribution in [0.2, 0.25) is 0 Å². The minimum absolute atomic E-state index is 0.315. The molecule has 2 nitrogen and oxygen atoms in total. The van der Waals surface area contributed by atoms with Crippen molar-refractivity contribution in [3.05, 3.63) is 64.7 Å². The molecule has 0 aliphatic rings. The fourth-order valence-electron chi connectivity index (χ4n) is 2.67. The summed E-state index contributed by atoms with van der Waals surface area (Å²) in [5, 5.41) is 5.70. The number of likely N-dealkylation sites (N-methyl/N-ethyl adjacent to an activating group) is 1. The van der Waals surface area contributed by atoms with E-state index in [1.54, 1.807) is 11.3 Å². The van der Waals surface area contributed by atoms with E-state index in [2.05, 4.69) is 65.9 Å². The Hall–Kier alpha value is -1.71. The van der Waals surface area contributed by atoms with E-state index in [9.17, 15) is 0 Å². The molecule has 1 atom stereocenters. The molecular formula is C18H20N2S. The Labute approximate surface area is 129 Å². The Morgan fingerprint density at radius 3 is 2.90 bits per heavy atom. The molecule has 3 heteroatoms. The summed E-state index contributed by atoms with van der Waals surface area (Å²) in [6, 6.07) is 13.3. The van der Waals surface area contributed by atoms with Gasteiger partial charge in [-0.25, -0.2) is 0 Å². The maximum Gasteiger partial charge on any atom is 0.0809 e. The molecule has 2 aromatic heterocycles. The van der Waals surface area contributed by atoms with Crippen molar-refractivity contribution in [3.8, 4) is 0 Å². The quantitative estimate of drug-likeness (QED) is 0.750. The van der Waals surface area contributed by atoms with Crippen molar-refractivity contribution in [1.82, 2.24) is 10.3 Å². The van der Waals surface area contributed by atoms with Crippen LogP contribution in [0.5, 0.6) is 0 Å². The number of benzene rings is 1. The second-order valence-electron chi connectivity index (χ2n) is 5.31. The summed E-state index contributed by atoms with van der Waals surface area (Å²) in [5.41, 5.74) is 5.12. The highest BCUT2D eigenvalue weighted by Crippen LogP contribution is 2.25. The molecule has 3 rings (SSSR count). The Morgan fingerprint density at radius 1 is 1.24 bits per heavy atom. The molecule has 0 radical (unpaired) electrons. The van der Waals surface area contributed by atoms with E-state index in [0.717, 1.165) is 18.5 Å². The molecule has 108 valence electrons. The molecule has 1 aromatic carbocycles. The molecule has 3 aromatic rings. The van der Waals surface area contributed by atoms with Crippen LogP contribution in [0.1, 0.15) is 29.7 Å². The van der Waals surface area contributed by atoms with E-state index in [-0.39, 0.29) is 0 Å². The van der Waals surface area contributed by atoms with Gasteiger partial charge in [0.15, 0.2) is 0 Å². The predicted molar refractivity (Wildman–Crippen MR) is 90.9 cm³/mol. The Kier molecular flexibility index (Phi) is 4.32. The first kappa shape index (κ1) is 14.2. The molecule has 21 heavy (non-hydrogen) atoms. The fraction of sp³-hybridized carbons (Fsp3) is 0.278. The first-order valence-electron chi connectivity index (χ1n) is 7.39. The zero-order valence-electron chi connectivity index (χ0n) is 12.5. The fourth-order valence-corrected chi connectivity index (χ4v) is 3.45. The van der Waals surface area contributed by atoms with Crippen molar-refractivity contribution in [1.29, 1.82) is 0 Å². The standard InChI is InChI=1S/C18H20N2S/c1-3-19-17(10-14-7-5-4-6-13(14)2)15-11-18-16(20-12-15)8-9-21-18/h4-9,11-12,17,19H,3,10H2,1-2H3. The number of thiophene rings is 1. The molecule has 0 amide bonds. The molecule has 0 saturated heterocycles. The number of rotatable bonds is 5. The van der Waals surface area contributed by atoms with Gasteiger partial charge in [0.2, 0.25) is 0 Å². The van der Waals surface area contributed by atoms with Gasteiger partial charge in [0.25, 0.3) is 0 Å². The van der Waals surface area contributed by atoms with Crippen LogP contribution in [0.3, 0.4) is 0 Å². The molecule has 0 fully saturated rings.